The van der Waals surface area contributed by atoms with E-state index in [2.05, 4.69) is 15.9 Å². The zero-order valence-corrected chi connectivity index (χ0v) is 22.9. The normalized spacial score (nSPS) is 10.0. The second kappa shape index (κ2) is 16.8. The molecule has 0 aliphatic carbocycles. The number of aliphatic hydroxyl groups is 4. The number of hydrogen-bond acceptors (Lipinski definition) is 9. The number of ketones is 2. The summed E-state index contributed by atoms with van der Waals surface area (Å²) >= 11 is 3.14. The third kappa shape index (κ3) is 11.7. The number of ether oxygens (including phenoxy) is 2. The third-order valence-corrected chi connectivity index (χ3v) is 5.07. The smallest absolute Gasteiger partial charge is 0.186 e. The number of rotatable bonds is 9. The van der Waals surface area contributed by atoms with E-state index in [0.29, 0.717) is 22.6 Å². The van der Waals surface area contributed by atoms with Gasteiger partial charge in [0.15, 0.2) is 24.1 Å². The SMILES string of the molecule is CC#N.CC(=O)c1c(C)cc(OCC(O)O)cc1C.Cc1cc(OCC(O)O)cc(C)c1C(=O)CBr. The molecule has 0 aromatic heterocycles. The second-order valence-electron chi connectivity index (χ2n) is 7.78. The lowest BCUT2D eigenvalue weighted by Gasteiger charge is -2.12. The molecule has 0 atom stereocenters. The van der Waals surface area contributed by atoms with Crippen molar-refractivity contribution in [3.05, 3.63) is 57.6 Å². The summed E-state index contributed by atoms with van der Waals surface area (Å²) in [6, 6.07) is 8.61. The Morgan fingerprint density at radius 2 is 1.14 bits per heavy atom. The first-order chi connectivity index (χ1) is 16.8. The van der Waals surface area contributed by atoms with Gasteiger partial charge in [0, 0.05) is 18.1 Å². The quantitative estimate of drug-likeness (QED) is 0.202. The van der Waals surface area contributed by atoms with Crippen LogP contribution in [-0.4, -0.2) is 63.1 Å². The van der Waals surface area contributed by atoms with Gasteiger partial charge < -0.3 is 29.9 Å². The van der Waals surface area contributed by atoms with Gasteiger partial charge in [0.25, 0.3) is 0 Å². The zero-order valence-electron chi connectivity index (χ0n) is 21.3. The van der Waals surface area contributed by atoms with Crippen molar-refractivity contribution < 1.29 is 39.5 Å². The van der Waals surface area contributed by atoms with E-state index in [1.54, 1.807) is 30.3 Å². The van der Waals surface area contributed by atoms with Gasteiger partial charge in [0.05, 0.1) is 11.4 Å². The summed E-state index contributed by atoms with van der Waals surface area (Å²) in [7, 11) is 0. The number of benzene rings is 2. The maximum absolute atomic E-state index is 11.7. The van der Waals surface area contributed by atoms with Crippen LogP contribution in [0.5, 0.6) is 11.5 Å². The molecule has 0 aliphatic rings. The van der Waals surface area contributed by atoms with Crippen LogP contribution in [0.15, 0.2) is 24.3 Å². The van der Waals surface area contributed by atoms with Gasteiger partial charge in [0.1, 0.15) is 24.7 Å². The van der Waals surface area contributed by atoms with Crippen molar-refractivity contribution in [3.8, 4) is 17.6 Å². The molecule has 0 heterocycles. The van der Waals surface area contributed by atoms with E-state index < -0.39 is 12.6 Å². The largest absolute Gasteiger partial charge is 0.488 e. The Morgan fingerprint density at radius 1 is 0.833 bits per heavy atom. The Hall–Kier alpha value is -2.81. The molecule has 0 spiro atoms. The van der Waals surface area contributed by atoms with Crippen molar-refractivity contribution in [1.29, 1.82) is 5.26 Å². The Labute approximate surface area is 220 Å². The average molecular weight is 568 g/mol. The van der Waals surface area contributed by atoms with Gasteiger partial charge in [-0.25, -0.2) is 0 Å². The van der Waals surface area contributed by atoms with E-state index in [4.69, 9.17) is 35.2 Å². The van der Waals surface area contributed by atoms with Crippen LogP contribution in [0.4, 0.5) is 0 Å². The molecule has 0 bridgehead atoms. The number of nitriles is 1. The molecule has 36 heavy (non-hydrogen) atoms. The second-order valence-corrected chi connectivity index (χ2v) is 8.34. The molecular weight excluding hydrogens is 534 g/mol. The molecule has 0 saturated heterocycles. The van der Waals surface area contributed by atoms with Crippen molar-refractivity contribution >= 4 is 27.5 Å². The van der Waals surface area contributed by atoms with E-state index in [0.717, 1.165) is 22.3 Å². The predicted molar refractivity (Wildman–Crippen MR) is 139 cm³/mol. The summed E-state index contributed by atoms with van der Waals surface area (Å²) in [5.74, 6) is 1.10. The monoisotopic (exact) mass is 567 g/mol. The van der Waals surface area contributed by atoms with Crippen molar-refractivity contribution in [3.63, 3.8) is 0 Å². The highest BCUT2D eigenvalue weighted by Gasteiger charge is 2.13. The molecule has 2 aromatic carbocycles. The summed E-state index contributed by atoms with van der Waals surface area (Å²) in [6.07, 6.45) is -2.99. The first kappa shape index (κ1) is 33.2. The van der Waals surface area contributed by atoms with Crippen molar-refractivity contribution in [2.24, 2.45) is 0 Å². The number of halogens is 1. The molecule has 4 N–H and O–H groups in total. The molecule has 2 rings (SSSR count). The number of carbonyl (C=O) groups is 2. The van der Waals surface area contributed by atoms with E-state index >= 15 is 0 Å². The maximum atomic E-state index is 11.7. The molecule has 9 nitrogen and oxygen atoms in total. The van der Waals surface area contributed by atoms with Gasteiger partial charge in [-0.05, 0) is 81.1 Å². The van der Waals surface area contributed by atoms with Crippen LogP contribution in [0.25, 0.3) is 0 Å². The fraction of sp³-hybridized carbons (Fsp3) is 0.423. The van der Waals surface area contributed by atoms with Gasteiger partial charge in [-0.1, -0.05) is 15.9 Å². The molecule has 0 aliphatic heterocycles. The summed E-state index contributed by atoms with van der Waals surface area (Å²) in [4.78, 5) is 23.0. The van der Waals surface area contributed by atoms with Crippen LogP contribution in [0.1, 0.15) is 56.8 Å². The van der Waals surface area contributed by atoms with Crippen LogP contribution in [0.2, 0.25) is 0 Å². The highest BCUT2D eigenvalue weighted by molar-refractivity contribution is 9.09. The summed E-state index contributed by atoms with van der Waals surface area (Å²) in [5.41, 5.74) is 4.66. The van der Waals surface area contributed by atoms with Crippen LogP contribution in [-0.2, 0) is 0 Å². The topological polar surface area (TPSA) is 157 Å². The van der Waals surface area contributed by atoms with Gasteiger partial charge in [-0.3, -0.25) is 9.59 Å². The van der Waals surface area contributed by atoms with Crippen LogP contribution in [0, 0.1) is 39.0 Å². The standard InChI is InChI=1S/C12H15BrO4.C12H16O4.C2H3N/c1-7-3-9(17-6-11(15)16)4-8(2)12(7)10(14)5-13;1-7-4-10(16-6-11(14)15)5-8(2)12(7)9(3)13;1-2-3/h3-4,11,15-16H,5-6H2,1-2H3;4-5,11,14-15H,6H2,1-3H3;1H3. The maximum Gasteiger partial charge on any atom is 0.186 e. The number of nitrogens with zero attached hydrogens (tertiary/aromatic N) is 1. The third-order valence-electron chi connectivity index (χ3n) is 4.56. The average Bonchev–Trinajstić information content (AvgIpc) is 2.76. The molecule has 0 radical (unpaired) electrons. The molecule has 198 valence electrons. The number of aliphatic hydroxyl groups excluding tert-OH is 2. The van der Waals surface area contributed by atoms with Crippen molar-refractivity contribution in [2.75, 3.05) is 18.5 Å². The van der Waals surface area contributed by atoms with Crippen LogP contribution < -0.4 is 9.47 Å². The fourth-order valence-electron chi connectivity index (χ4n) is 3.42. The molecule has 0 unspecified atom stereocenters. The minimum absolute atomic E-state index is 0.0174. The number of aryl methyl sites for hydroxylation is 4. The highest BCUT2D eigenvalue weighted by atomic mass is 79.9. The summed E-state index contributed by atoms with van der Waals surface area (Å²) < 4.78 is 10.3. The number of Topliss-reactive ketones (excluding diaryl/α,β-unsaturated/α-hetero) is 2. The van der Waals surface area contributed by atoms with Crippen LogP contribution >= 0.6 is 15.9 Å². The van der Waals surface area contributed by atoms with Gasteiger partial charge in [0.2, 0.25) is 0 Å². The van der Waals surface area contributed by atoms with Crippen molar-refractivity contribution in [2.45, 2.75) is 54.1 Å². The minimum atomic E-state index is -1.50. The van der Waals surface area contributed by atoms with E-state index in [9.17, 15) is 9.59 Å². The summed E-state index contributed by atoms with van der Waals surface area (Å²) in [6.45, 7) is 9.88. The lowest BCUT2D eigenvalue weighted by molar-refractivity contribution is -0.0684. The Morgan fingerprint density at radius 3 is 1.39 bits per heavy atom. The molecule has 0 saturated carbocycles. The van der Waals surface area contributed by atoms with E-state index in [-0.39, 0.29) is 30.1 Å². The summed E-state index contributed by atoms with van der Waals surface area (Å²) in [5, 5.41) is 42.4. The van der Waals surface area contributed by atoms with E-state index in [1.807, 2.05) is 27.7 Å². The van der Waals surface area contributed by atoms with Crippen LogP contribution in [0.3, 0.4) is 0 Å². The Kier molecular flexibility index (Phi) is 15.5. The van der Waals surface area contributed by atoms with Gasteiger partial charge in [-0.2, -0.15) is 5.26 Å². The number of alkyl halides is 1. The van der Waals surface area contributed by atoms with Gasteiger partial charge in [-0.15, -0.1) is 0 Å². The molecule has 0 amide bonds. The van der Waals surface area contributed by atoms with Gasteiger partial charge >= 0.3 is 0 Å². The lowest BCUT2D eigenvalue weighted by atomic mass is 9.99. The first-order valence-corrected chi connectivity index (χ1v) is 12.0. The van der Waals surface area contributed by atoms with Crippen molar-refractivity contribution in [1.82, 2.24) is 0 Å². The molecule has 2 aromatic rings. The lowest BCUT2D eigenvalue weighted by Crippen LogP contribution is -2.16. The Bertz CT molecular complexity index is 1010. The molecule has 0 fully saturated rings. The minimum Gasteiger partial charge on any atom is -0.488 e. The van der Waals surface area contributed by atoms with E-state index in [1.165, 1.54) is 13.8 Å². The highest BCUT2D eigenvalue weighted by Crippen LogP contribution is 2.23. The first-order valence-electron chi connectivity index (χ1n) is 10.9. The molecular formula is C26H34BrNO8. The fourth-order valence-corrected chi connectivity index (χ4v) is 3.70. The number of hydrogen-bond donors (Lipinski definition) is 4. The molecule has 10 heteroatoms. The predicted octanol–water partition coefficient (Wildman–Crippen LogP) is 3.30. The number of carbonyl (C=O) groups excluding carboxylic acids is 2. The Balaban J connectivity index is 0.000000614. The zero-order chi connectivity index (χ0) is 28.0.